The number of rotatable bonds is 8. The molecule has 0 spiro atoms. The van der Waals surface area contributed by atoms with E-state index in [1.807, 2.05) is 52.0 Å². The van der Waals surface area contributed by atoms with Crippen LogP contribution in [-0.4, -0.2) is 27.4 Å². The van der Waals surface area contributed by atoms with Gasteiger partial charge in [-0.05, 0) is 62.1 Å². The molecule has 0 radical (unpaired) electrons. The van der Waals surface area contributed by atoms with Crippen LogP contribution in [0.1, 0.15) is 43.1 Å². The third-order valence-electron chi connectivity index (χ3n) is 4.28. The van der Waals surface area contributed by atoms with Crippen molar-refractivity contribution in [1.29, 1.82) is 0 Å². The summed E-state index contributed by atoms with van der Waals surface area (Å²) in [5.41, 5.74) is 2.21. The topological polar surface area (TPSA) is 66.5 Å². The Kier molecular flexibility index (Phi) is 7.16. The van der Waals surface area contributed by atoms with E-state index in [-0.39, 0.29) is 10.8 Å². The molecule has 0 aliphatic carbocycles. The fourth-order valence-corrected chi connectivity index (χ4v) is 3.85. The van der Waals surface area contributed by atoms with Crippen molar-refractivity contribution in [2.24, 2.45) is 5.92 Å². The van der Waals surface area contributed by atoms with Crippen LogP contribution < -0.4 is 9.62 Å². The Morgan fingerprint density at radius 2 is 1.81 bits per heavy atom. The first kappa shape index (κ1) is 21.1. The molecule has 1 N–H and O–H groups in total. The highest BCUT2D eigenvalue weighted by Gasteiger charge is 2.20. The summed E-state index contributed by atoms with van der Waals surface area (Å²) in [6.45, 7) is 8.82. The lowest BCUT2D eigenvalue weighted by atomic mass is 10.1. The monoisotopic (exact) mass is 388 g/mol. The molecule has 0 fully saturated rings. The Balaban J connectivity index is 2.26. The van der Waals surface area contributed by atoms with Gasteiger partial charge in [-0.1, -0.05) is 32.0 Å². The van der Waals surface area contributed by atoms with Crippen LogP contribution in [-0.2, 0) is 10.0 Å². The molecule has 2 aromatic carbocycles. The van der Waals surface area contributed by atoms with Crippen molar-refractivity contribution in [1.82, 2.24) is 4.72 Å². The number of benzene rings is 2. The Labute approximate surface area is 162 Å². The molecule has 6 heteroatoms. The van der Waals surface area contributed by atoms with Gasteiger partial charge in [0, 0.05) is 24.3 Å². The van der Waals surface area contributed by atoms with E-state index in [2.05, 4.69) is 4.72 Å². The van der Waals surface area contributed by atoms with Crippen molar-refractivity contribution in [3.8, 4) is 0 Å². The average Bonchev–Trinajstić information content (AvgIpc) is 2.62. The third-order valence-corrected chi connectivity index (χ3v) is 5.74. The molecule has 27 heavy (non-hydrogen) atoms. The molecule has 5 nitrogen and oxygen atoms in total. The molecule has 0 bridgehead atoms. The maximum Gasteiger partial charge on any atom is 0.258 e. The van der Waals surface area contributed by atoms with Crippen LogP contribution in [0.3, 0.4) is 0 Å². The molecule has 2 rings (SSSR count). The second-order valence-electron chi connectivity index (χ2n) is 7.00. The van der Waals surface area contributed by atoms with Crippen LogP contribution in [0, 0.1) is 12.8 Å². The number of carbonyl (C=O) groups is 1. The summed E-state index contributed by atoms with van der Waals surface area (Å²) < 4.78 is 27.6. The predicted molar refractivity (Wildman–Crippen MR) is 110 cm³/mol. The zero-order chi connectivity index (χ0) is 20.0. The van der Waals surface area contributed by atoms with Gasteiger partial charge in [0.25, 0.3) is 5.91 Å². The van der Waals surface area contributed by atoms with E-state index in [0.29, 0.717) is 24.6 Å². The normalized spacial score (nSPS) is 11.6. The molecule has 0 aromatic heterocycles. The van der Waals surface area contributed by atoms with Crippen LogP contribution >= 0.6 is 0 Å². The molecule has 0 aliphatic heterocycles. The smallest absolute Gasteiger partial charge is 0.258 e. The predicted octanol–water partition coefficient (Wildman–Crippen LogP) is 3.99. The SMILES string of the molecule is CCN(C(=O)c1cccc(S(=O)(=O)NCCC(C)C)c1)c1cccc(C)c1. The number of hydrogen-bond acceptors (Lipinski definition) is 3. The van der Waals surface area contributed by atoms with Gasteiger partial charge < -0.3 is 4.90 Å². The van der Waals surface area contributed by atoms with Crippen LogP contribution in [0.4, 0.5) is 5.69 Å². The Morgan fingerprint density at radius 1 is 1.11 bits per heavy atom. The molecule has 0 saturated carbocycles. The Hall–Kier alpha value is -2.18. The van der Waals surface area contributed by atoms with Gasteiger partial charge in [0.2, 0.25) is 10.0 Å². The maximum absolute atomic E-state index is 13.0. The standard InChI is InChI=1S/C21H28N2O3S/c1-5-23(19-10-6-8-17(4)14-19)21(24)18-9-7-11-20(15-18)27(25,26)22-13-12-16(2)3/h6-11,14-16,22H,5,12-13H2,1-4H3. The van der Waals surface area contributed by atoms with Gasteiger partial charge >= 0.3 is 0 Å². The second-order valence-corrected chi connectivity index (χ2v) is 8.76. The van der Waals surface area contributed by atoms with Crippen molar-refractivity contribution in [3.05, 3.63) is 59.7 Å². The van der Waals surface area contributed by atoms with Gasteiger partial charge in [0.1, 0.15) is 0 Å². The molecular weight excluding hydrogens is 360 g/mol. The van der Waals surface area contributed by atoms with Crippen LogP contribution in [0.5, 0.6) is 0 Å². The third kappa shape index (κ3) is 5.65. The van der Waals surface area contributed by atoms with E-state index in [0.717, 1.165) is 17.7 Å². The minimum Gasteiger partial charge on any atom is -0.309 e. The van der Waals surface area contributed by atoms with Crippen molar-refractivity contribution < 1.29 is 13.2 Å². The van der Waals surface area contributed by atoms with Gasteiger partial charge in [-0.2, -0.15) is 0 Å². The molecule has 0 heterocycles. The summed E-state index contributed by atoms with van der Waals surface area (Å²) in [5.74, 6) is 0.190. The van der Waals surface area contributed by atoms with Gasteiger partial charge in [-0.15, -0.1) is 0 Å². The highest BCUT2D eigenvalue weighted by molar-refractivity contribution is 7.89. The highest BCUT2D eigenvalue weighted by atomic mass is 32.2. The number of sulfonamides is 1. The summed E-state index contributed by atoms with van der Waals surface area (Å²) in [6.07, 6.45) is 0.759. The van der Waals surface area contributed by atoms with Gasteiger partial charge in [0.05, 0.1) is 4.90 Å². The number of aryl methyl sites for hydroxylation is 1. The van der Waals surface area contributed by atoms with E-state index in [9.17, 15) is 13.2 Å². The maximum atomic E-state index is 13.0. The lowest BCUT2D eigenvalue weighted by Gasteiger charge is -2.22. The highest BCUT2D eigenvalue weighted by Crippen LogP contribution is 2.20. The van der Waals surface area contributed by atoms with Crippen molar-refractivity contribution in [2.45, 2.75) is 39.0 Å². The van der Waals surface area contributed by atoms with Crippen molar-refractivity contribution >= 4 is 21.6 Å². The molecule has 146 valence electrons. The molecular formula is C21H28N2O3S. The Bertz CT molecular complexity index is 892. The first-order chi connectivity index (χ1) is 12.7. The zero-order valence-corrected chi connectivity index (χ0v) is 17.2. The van der Waals surface area contributed by atoms with E-state index >= 15 is 0 Å². The van der Waals surface area contributed by atoms with Gasteiger partial charge in [-0.25, -0.2) is 13.1 Å². The number of carbonyl (C=O) groups excluding carboxylic acids is 1. The van der Waals surface area contributed by atoms with E-state index < -0.39 is 10.0 Å². The zero-order valence-electron chi connectivity index (χ0n) is 16.4. The van der Waals surface area contributed by atoms with Crippen LogP contribution in [0.2, 0.25) is 0 Å². The lowest BCUT2D eigenvalue weighted by molar-refractivity contribution is 0.0988. The average molecular weight is 389 g/mol. The number of anilines is 1. The molecule has 0 unspecified atom stereocenters. The van der Waals surface area contributed by atoms with Crippen LogP contribution in [0.15, 0.2) is 53.4 Å². The molecule has 1 amide bonds. The summed E-state index contributed by atoms with van der Waals surface area (Å²) in [5, 5.41) is 0. The number of nitrogens with one attached hydrogen (secondary N) is 1. The number of hydrogen-bond donors (Lipinski definition) is 1. The lowest BCUT2D eigenvalue weighted by Crippen LogP contribution is -2.31. The number of amides is 1. The van der Waals surface area contributed by atoms with Crippen molar-refractivity contribution in [2.75, 3.05) is 18.0 Å². The largest absolute Gasteiger partial charge is 0.309 e. The van der Waals surface area contributed by atoms with Gasteiger partial charge in [0.15, 0.2) is 0 Å². The first-order valence-corrected chi connectivity index (χ1v) is 10.7. The first-order valence-electron chi connectivity index (χ1n) is 9.23. The van der Waals surface area contributed by atoms with Gasteiger partial charge in [-0.3, -0.25) is 4.79 Å². The second kappa shape index (κ2) is 9.15. The minimum absolute atomic E-state index is 0.109. The molecule has 2 aromatic rings. The summed E-state index contributed by atoms with van der Waals surface area (Å²) in [6, 6.07) is 13.9. The fraction of sp³-hybridized carbons (Fsp3) is 0.381. The summed E-state index contributed by atoms with van der Waals surface area (Å²) in [4.78, 5) is 14.7. The fourth-order valence-electron chi connectivity index (χ4n) is 2.76. The van der Waals surface area contributed by atoms with E-state index in [1.165, 1.54) is 12.1 Å². The van der Waals surface area contributed by atoms with Crippen molar-refractivity contribution in [3.63, 3.8) is 0 Å². The van der Waals surface area contributed by atoms with E-state index in [4.69, 9.17) is 0 Å². The molecule has 0 atom stereocenters. The molecule has 0 saturated heterocycles. The van der Waals surface area contributed by atoms with E-state index in [1.54, 1.807) is 17.0 Å². The molecule has 0 aliphatic rings. The quantitative estimate of drug-likeness (QED) is 0.744. The summed E-state index contributed by atoms with van der Waals surface area (Å²) in [7, 11) is -3.64. The minimum atomic E-state index is -3.64. The Morgan fingerprint density at radius 3 is 2.44 bits per heavy atom. The summed E-state index contributed by atoms with van der Waals surface area (Å²) >= 11 is 0. The number of nitrogens with zero attached hydrogens (tertiary/aromatic N) is 1. The van der Waals surface area contributed by atoms with Crippen LogP contribution in [0.25, 0.3) is 0 Å².